The predicted molar refractivity (Wildman–Crippen MR) is 104 cm³/mol. The summed E-state index contributed by atoms with van der Waals surface area (Å²) in [5, 5.41) is 1.02. The van der Waals surface area contributed by atoms with Gasteiger partial charge in [0.1, 0.15) is 10.7 Å². The Morgan fingerprint density at radius 3 is 2.89 bits per heavy atom. The summed E-state index contributed by atoms with van der Waals surface area (Å²) >= 11 is 1.45. The standard InChI is InChI=1S/C19H23N5O2S/c1-23-15-10-20-6-3-14(15)22-17(23)12-24-7-4-13(5-8-24)9-18-21-11-16(27-18)19(25)26-2/h3,6,10-11,13H,4-5,7-9,12H2,1-2H3. The van der Waals surface area contributed by atoms with Crippen molar-refractivity contribution in [1.29, 1.82) is 0 Å². The smallest absolute Gasteiger partial charge is 0.349 e. The molecule has 27 heavy (non-hydrogen) atoms. The predicted octanol–water partition coefficient (Wildman–Crippen LogP) is 2.67. The Balaban J connectivity index is 1.33. The SMILES string of the molecule is COC(=O)c1cnc(CC2CCN(Cc3nc4ccncc4n3C)CC2)s1. The van der Waals surface area contributed by atoms with Crippen molar-refractivity contribution in [3.05, 3.63) is 40.4 Å². The minimum Gasteiger partial charge on any atom is -0.465 e. The fourth-order valence-electron chi connectivity index (χ4n) is 3.62. The van der Waals surface area contributed by atoms with Crippen molar-refractivity contribution in [2.75, 3.05) is 20.2 Å². The average Bonchev–Trinajstić information content (AvgIpc) is 3.28. The summed E-state index contributed by atoms with van der Waals surface area (Å²) in [6.07, 6.45) is 8.50. The van der Waals surface area contributed by atoms with Crippen molar-refractivity contribution in [2.45, 2.75) is 25.8 Å². The van der Waals surface area contributed by atoms with Gasteiger partial charge in [0.05, 0.1) is 42.1 Å². The van der Waals surface area contributed by atoms with Gasteiger partial charge >= 0.3 is 5.97 Å². The molecule has 1 fully saturated rings. The zero-order valence-electron chi connectivity index (χ0n) is 15.6. The summed E-state index contributed by atoms with van der Waals surface area (Å²) in [5.74, 6) is 1.40. The molecule has 1 aliphatic heterocycles. The Bertz CT molecular complexity index is 943. The number of hydrogen-bond donors (Lipinski definition) is 0. The highest BCUT2D eigenvalue weighted by Crippen LogP contribution is 2.25. The number of pyridine rings is 1. The highest BCUT2D eigenvalue weighted by molar-refractivity contribution is 7.13. The van der Waals surface area contributed by atoms with Gasteiger partial charge in [-0.05, 0) is 37.9 Å². The number of esters is 1. The first-order valence-electron chi connectivity index (χ1n) is 9.14. The molecule has 0 bridgehead atoms. The van der Waals surface area contributed by atoms with Crippen LogP contribution in [0.1, 0.15) is 33.3 Å². The average molecular weight is 385 g/mol. The third kappa shape index (κ3) is 3.86. The van der Waals surface area contributed by atoms with Crippen molar-refractivity contribution in [3.8, 4) is 0 Å². The molecule has 1 aliphatic rings. The number of fused-ring (bicyclic) bond motifs is 1. The van der Waals surface area contributed by atoms with Gasteiger partial charge in [-0.25, -0.2) is 14.8 Å². The van der Waals surface area contributed by atoms with Crippen molar-refractivity contribution in [1.82, 2.24) is 24.4 Å². The van der Waals surface area contributed by atoms with Gasteiger partial charge in [-0.3, -0.25) is 9.88 Å². The van der Waals surface area contributed by atoms with E-state index in [-0.39, 0.29) is 5.97 Å². The highest BCUT2D eigenvalue weighted by atomic mass is 32.1. The molecule has 0 atom stereocenters. The number of carbonyl (C=O) groups excluding carboxylic acids is 1. The van der Waals surface area contributed by atoms with E-state index in [4.69, 9.17) is 9.72 Å². The van der Waals surface area contributed by atoms with Crippen molar-refractivity contribution in [3.63, 3.8) is 0 Å². The Hall–Kier alpha value is -2.32. The number of nitrogens with zero attached hydrogens (tertiary/aromatic N) is 5. The van der Waals surface area contributed by atoms with E-state index in [0.29, 0.717) is 10.8 Å². The van der Waals surface area contributed by atoms with Gasteiger partial charge in [-0.1, -0.05) is 0 Å². The number of likely N-dealkylation sites (tertiary alicyclic amines) is 1. The molecule has 7 nitrogen and oxygen atoms in total. The maximum Gasteiger partial charge on any atom is 0.349 e. The van der Waals surface area contributed by atoms with Crippen molar-refractivity contribution >= 4 is 28.3 Å². The van der Waals surface area contributed by atoms with Crippen LogP contribution in [0, 0.1) is 5.92 Å². The quantitative estimate of drug-likeness (QED) is 0.629. The van der Waals surface area contributed by atoms with Crippen LogP contribution >= 0.6 is 11.3 Å². The number of aryl methyl sites for hydroxylation is 1. The number of aromatic nitrogens is 4. The number of thiazole rings is 1. The highest BCUT2D eigenvalue weighted by Gasteiger charge is 2.22. The van der Waals surface area contributed by atoms with Crippen LogP contribution in [-0.4, -0.2) is 50.6 Å². The molecule has 0 radical (unpaired) electrons. The van der Waals surface area contributed by atoms with Crippen molar-refractivity contribution in [2.24, 2.45) is 13.0 Å². The lowest BCUT2D eigenvalue weighted by Gasteiger charge is -2.31. The van der Waals surface area contributed by atoms with Crippen molar-refractivity contribution < 1.29 is 9.53 Å². The number of piperidine rings is 1. The summed E-state index contributed by atoms with van der Waals surface area (Å²) in [6.45, 7) is 2.98. The topological polar surface area (TPSA) is 73.1 Å². The minimum absolute atomic E-state index is 0.300. The maximum absolute atomic E-state index is 11.6. The first-order chi connectivity index (χ1) is 13.1. The Labute approximate surface area is 162 Å². The molecule has 4 rings (SSSR count). The van der Waals surface area contributed by atoms with Gasteiger partial charge in [-0.15, -0.1) is 11.3 Å². The molecule has 0 unspecified atom stereocenters. The van der Waals surface area contributed by atoms with Gasteiger partial charge in [-0.2, -0.15) is 0 Å². The Morgan fingerprint density at radius 1 is 1.33 bits per heavy atom. The number of methoxy groups -OCH3 is 1. The Kier molecular flexibility index (Phi) is 5.18. The second-order valence-electron chi connectivity index (χ2n) is 6.98. The van der Waals surface area contributed by atoms with E-state index in [9.17, 15) is 4.79 Å². The molecule has 8 heteroatoms. The van der Waals surface area contributed by atoms with E-state index in [1.165, 1.54) is 18.4 Å². The van der Waals surface area contributed by atoms with Crippen LogP contribution in [0.25, 0.3) is 11.0 Å². The van der Waals surface area contributed by atoms with Crippen LogP contribution in [0.5, 0.6) is 0 Å². The molecule has 1 saturated heterocycles. The second kappa shape index (κ2) is 7.74. The molecule has 142 valence electrons. The molecule has 0 saturated carbocycles. The monoisotopic (exact) mass is 385 g/mol. The van der Waals surface area contributed by atoms with E-state index >= 15 is 0 Å². The molecule has 0 spiro atoms. The van der Waals surface area contributed by atoms with Crippen LogP contribution in [0.2, 0.25) is 0 Å². The molecule has 3 aromatic heterocycles. The summed E-state index contributed by atoms with van der Waals surface area (Å²) in [5.41, 5.74) is 2.08. The lowest BCUT2D eigenvalue weighted by atomic mass is 9.94. The summed E-state index contributed by atoms with van der Waals surface area (Å²) in [4.78, 5) is 27.9. The van der Waals surface area contributed by atoms with Gasteiger partial charge in [0.2, 0.25) is 0 Å². The van der Waals surface area contributed by atoms with E-state index in [2.05, 4.69) is 26.5 Å². The molecule has 4 heterocycles. The van der Waals surface area contributed by atoms with Gasteiger partial charge in [0, 0.05) is 19.7 Å². The van der Waals surface area contributed by atoms with Gasteiger partial charge < -0.3 is 9.30 Å². The zero-order valence-corrected chi connectivity index (χ0v) is 16.4. The van der Waals surface area contributed by atoms with E-state index in [1.54, 1.807) is 12.4 Å². The number of imidazole rings is 1. The summed E-state index contributed by atoms with van der Waals surface area (Å²) < 4.78 is 6.89. The number of rotatable bonds is 5. The number of hydrogen-bond acceptors (Lipinski definition) is 7. The minimum atomic E-state index is -0.300. The van der Waals surface area contributed by atoms with Crippen LogP contribution in [0.3, 0.4) is 0 Å². The zero-order chi connectivity index (χ0) is 18.8. The maximum atomic E-state index is 11.6. The fraction of sp³-hybridized carbons (Fsp3) is 0.474. The molecule has 0 N–H and O–H groups in total. The summed E-state index contributed by atoms with van der Waals surface area (Å²) in [7, 11) is 3.46. The van der Waals surface area contributed by atoms with Crippen LogP contribution in [-0.2, 0) is 24.8 Å². The lowest BCUT2D eigenvalue weighted by molar-refractivity contribution is 0.0606. The fourth-order valence-corrected chi connectivity index (χ4v) is 4.57. The molecule has 0 aliphatic carbocycles. The van der Waals surface area contributed by atoms with Gasteiger partial charge in [0.25, 0.3) is 0 Å². The lowest BCUT2D eigenvalue weighted by Crippen LogP contribution is -2.34. The third-order valence-electron chi connectivity index (χ3n) is 5.25. The first kappa shape index (κ1) is 18.1. The second-order valence-corrected chi connectivity index (χ2v) is 8.10. The number of ether oxygens (including phenoxy) is 1. The molecular formula is C19H23N5O2S. The third-order valence-corrected chi connectivity index (χ3v) is 6.25. The van der Waals surface area contributed by atoms with E-state index in [0.717, 1.165) is 60.8 Å². The number of carbonyl (C=O) groups is 1. The van der Waals surface area contributed by atoms with Crippen LogP contribution in [0.15, 0.2) is 24.7 Å². The Morgan fingerprint density at radius 2 is 2.15 bits per heavy atom. The summed E-state index contributed by atoms with van der Waals surface area (Å²) in [6, 6.07) is 1.96. The molecule has 3 aromatic rings. The van der Waals surface area contributed by atoms with Gasteiger partial charge in [0.15, 0.2) is 0 Å². The largest absolute Gasteiger partial charge is 0.465 e. The first-order valence-corrected chi connectivity index (χ1v) is 9.96. The van der Waals surface area contributed by atoms with E-state index < -0.39 is 0 Å². The molecule has 0 aromatic carbocycles. The van der Waals surface area contributed by atoms with Crippen LogP contribution < -0.4 is 0 Å². The van der Waals surface area contributed by atoms with Crippen LogP contribution in [0.4, 0.5) is 0 Å². The molecule has 0 amide bonds. The normalized spacial score (nSPS) is 16.1. The molecular weight excluding hydrogens is 362 g/mol. The van der Waals surface area contributed by atoms with E-state index in [1.807, 2.05) is 12.3 Å².